The highest BCUT2D eigenvalue weighted by molar-refractivity contribution is 5.63. The molecule has 2 aromatic rings. The van der Waals surface area contributed by atoms with Crippen LogP contribution in [0.25, 0.3) is 11.3 Å². The van der Waals surface area contributed by atoms with Crippen LogP contribution in [0.2, 0.25) is 0 Å². The van der Waals surface area contributed by atoms with Crippen molar-refractivity contribution in [1.82, 2.24) is 4.98 Å². The number of ether oxygens (including phenoxy) is 2. The minimum atomic E-state index is -0.936. The summed E-state index contributed by atoms with van der Waals surface area (Å²) in [5, 5.41) is 0. The van der Waals surface area contributed by atoms with Crippen molar-refractivity contribution in [3.8, 4) is 17.0 Å². The number of aromatic nitrogens is 1. The van der Waals surface area contributed by atoms with Crippen LogP contribution in [0, 0.1) is 29.4 Å². The van der Waals surface area contributed by atoms with E-state index in [0.29, 0.717) is 17.9 Å². The number of fused-ring (bicyclic) bond motifs is 1. The number of rotatable bonds is 19. The molecule has 1 aromatic heterocycles. The van der Waals surface area contributed by atoms with Gasteiger partial charge in [0.05, 0.1) is 11.8 Å². The molecular formula is C36H50F3NO2. The van der Waals surface area contributed by atoms with Crippen molar-refractivity contribution in [2.45, 2.75) is 141 Å². The Balaban J connectivity index is 1.06. The molecule has 1 saturated heterocycles. The number of halogens is 3. The summed E-state index contributed by atoms with van der Waals surface area (Å²) < 4.78 is 56.6. The van der Waals surface area contributed by atoms with E-state index in [0.717, 1.165) is 50.0 Å². The number of nitrogens with zero attached hydrogens (tertiary/aromatic N) is 1. The molecule has 0 bridgehead atoms. The number of hydrogen-bond acceptors (Lipinski definition) is 3. The Bertz CT molecular complexity index is 1150. The second-order valence-corrected chi connectivity index (χ2v) is 13.2. The second-order valence-electron chi connectivity index (χ2n) is 13.2. The van der Waals surface area contributed by atoms with Crippen LogP contribution in [0.4, 0.5) is 13.2 Å². The highest BCUT2D eigenvalue weighted by Crippen LogP contribution is 2.37. The standard InChI is InChI=1S/C36H50F3NO2/c1-2-3-4-12-15-31-33(42-31)24-41-32-21-20-30(40-36(32)39)29-23-27-19-18-26(22-28(27)34(37)35(29)38)14-11-9-7-5-6-8-10-13-25-16-17-25/h20-21,23,25-26,31,33H,2-19,22,24H2,1H3. The average Bonchev–Trinajstić information content (AvgIpc) is 3.93. The lowest BCUT2D eigenvalue weighted by Crippen LogP contribution is -2.17. The molecule has 0 amide bonds. The maximum absolute atomic E-state index is 15.3. The van der Waals surface area contributed by atoms with Gasteiger partial charge in [-0.3, -0.25) is 0 Å². The normalized spacial score (nSPS) is 21.4. The largest absolute Gasteiger partial charge is 0.486 e. The fraction of sp³-hybridized carbons (Fsp3) is 0.694. The first-order valence-electron chi connectivity index (χ1n) is 17.0. The first-order valence-corrected chi connectivity index (χ1v) is 17.0. The minimum absolute atomic E-state index is 0.00856. The topological polar surface area (TPSA) is 34.6 Å². The summed E-state index contributed by atoms with van der Waals surface area (Å²) in [5.41, 5.74) is 1.43. The fourth-order valence-electron chi connectivity index (χ4n) is 6.70. The van der Waals surface area contributed by atoms with Crippen LogP contribution in [0.1, 0.15) is 127 Å². The van der Waals surface area contributed by atoms with E-state index in [1.165, 1.54) is 89.2 Å². The molecule has 5 rings (SSSR count). The van der Waals surface area contributed by atoms with Crippen LogP contribution >= 0.6 is 0 Å². The van der Waals surface area contributed by atoms with Gasteiger partial charge in [0.15, 0.2) is 17.4 Å². The number of aryl methyl sites for hydroxylation is 1. The molecule has 0 spiro atoms. The summed E-state index contributed by atoms with van der Waals surface area (Å²) >= 11 is 0. The van der Waals surface area contributed by atoms with Crippen molar-refractivity contribution in [3.63, 3.8) is 0 Å². The summed E-state index contributed by atoms with van der Waals surface area (Å²) in [7, 11) is 0. The molecule has 2 heterocycles. The summed E-state index contributed by atoms with van der Waals surface area (Å²) in [6.45, 7) is 2.45. The summed E-state index contributed by atoms with van der Waals surface area (Å²) in [5.74, 6) is -1.09. The third-order valence-corrected chi connectivity index (χ3v) is 9.66. The molecule has 3 atom stereocenters. The van der Waals surface area contributed by atoms with E-state index in [1.807, 2.05) is 0 Å². The zero-order valence-electron chi connectivity index (χ0n) is 25.6. The molecular weight excluding hydrogens is 535 g/mol. The summed E-state index contributed by atoms with van der Waals surface area (Å²) in [6.07, 6.45) is 22.7. The van der Waals surface area contributed by atoms with Crippen LogP contribution in [0.3, 0.4) is 0 Å². The number of hydrogen-bond donors (Lipinski definition) is 0. The number of pyridine rings is 1. The molecule has 6 heteroatoms. The van der Waals surface area contributed by atoms with Crippen molar-refractivity contribution >= 4 is 0 Å². The minimum Gasteiger partial charge on any atom is -0.486 e. The number of epoxide rings is 1. The monoisotopic (exact) mass is 585 g/mol. The molecule has 42 heavy (non-hydrogen) atoms. The Kier molecular flexibility index (Phi) is 11.6. The molecule has 232 valence electrons. The maximum atomic E-state index is 15.3. The molecule has 1 aromatic carbocycles. The van der Waals surface area contributed by atoms with Gasteiger partial charge in [0.2, 0.25) is 0 Å². The van der Waals surface area contributed by atoms with E-state index in [2.05, 4.69) is 11.9 Å². The van der Waals surface area contributed by atoms with E-state index in [-0.39, 0.29) is 35.8 Å². The molecule has 3 unspecified atom stereocenters. The van der Waals surface area contributed by atoms with Gasteiger partial charge >= 0.3 is 0 Å². The number of unbranched alkanes of at least 4 members (excludes halogenated alkanes) is 9. The quantitative estimate of drug-likeness (QED) is 0.0934. The lowest BCUT2D eigenvalue weighted by molar-refractivity contribution is 0.248. The third kappa shape index (κ3) is 8.97. The van der Waals surface area contributed by atoms with Gasteiger partial charge in [-0.25, -0.2) is 13.8 Å². The predicted molar refractivity (Wildman–Crippen MR) is 162 cm³/mol. The molecule has 2 aliphatic carbocycles. The van der Waals surface area contributed by atoms with Crippen molar-refractivity contribution in [2.75, 3.05) is 6.61 Å². The molecule has 0 N–H and O–H groups in total. The van der Waals surface area contributed by atoms with Crippen LogP contribution in [-0.4, -0.2) is 23.8 Å². The van der Waals surface area contributed by atoms with Gasteiger partial charge in [0.1, 0.15) is 12.7 Å². The Morgan fingerprint density at radius 1 is 0.786 bits per heavy atom. The average molecular weight is 586 g/mol. The summed E-state index contributed by atoms with van der Waals surface area (Å²) in [6, 6.07) is 4.64. The Morgan fingerprint density at radius 3 is 2.19 bits per heavy atom. The molecule has 2 fully saturated rings. The zero-order valence-corrected chi connectivity index (χ0v) is 25.6. The molecule has 1 saturated carbocycles. The van der Waals surface area contributed by atoms with E-state index < -0.39 is 17.6 Å². The number of benzene rings is 1. The van der Waals surface area contributed by atoms with Crippen molar-refractivity contribution in [1.29, 1.82) is 0 Å². The fourth-order valence-corrected chi connectivity index (χ4v) is 6.70. The van der Waals surface area contributed by atoms with E-state index >= 15 is 8.78 Å². The van der Waals surface area contributed by atoms with E-state index in [9.17, 15) is 4.39 Å². The molecule has 3 aliphatic rings. The van der Waals surface area contributed by atoms with Gasteiger partial charge in [-0.15, -0.1) is 0 Å². The van der Waals surface area contributed by atoms with Gasteiger partial charge in [0, 0.05) is 5.56 Å². The van der Waals surface area contributed by atoms with Crippen LogP contribution in [0.15, 0.2) is 18.2 Å². The Morgan fingerprint density at radius 2 is 1.48 bits per heavy atom. The van der Waals surface area contributed by atoms with Gasteiger partial charge in [-0.2, -0.15) is 4.39 Å². The van der Waals surface area contributed by atoms with Crippen molar-refractivity contribution in [2.24, 2.45) is 11.8 Å². The SMILES string of the molecule is CCCCCCC1OC1COc1ccc(-c2cc3c(c(F)c2F)CC(CCCCCCCCCC2CC2)CC3)nc1F. The van der Waals surface area contributed by atoms with Crippen LogP contribution < -0.4 is 4.74 Å². The lowest BCUT2D eigenvalue weighted by atomic mass is 9.80. The van der Waals surface area contributed by atoms with Gasteiger partial charge in [-0.05, 0) is 66.8 Å². The van der Waals surface area contributed by atoms with E-state index in [1.54, 1.807) is 6.07 Å². The van der Waals surface area contributed by atoms with Crippen LogP contribution in [-0.2, 0) is 17.6 Å². The van der Waals surface area contributed by atoms with Crippen LogP contribution in [0.5, 0.6) is 5.75 Å². The maximum Gasteiger partial charge on any atom is 0.255 e. The highest BCUT2D eigenvalue weighted by Gasteiger charge is 2.38. The zero-order chi connectivity index (χ0) is 29.3. The highest BCUT2D eigenvalue weighted by atomic mass is 19.2. The second kappa shape index (κ2) is 15.6. The third-order valence-electron chi connectivity index (χ3n) is 9.66. The first kappa shape index (κ1) is 31.3. The first-order chi connectivity index (χ1) is 20.5. The van der Waals surface area contributed by atoms with Crippen molar-refractivity contribution < 1.29 is 22.6 Å². The molecule has 3 nitrogen and oxygen atoms in total. The molecule has 0 radical (unpaired) electrons. The Labute approximate surface area is 251 Å². The van der Waals surface area contributed by atoms with Gasteiger partial charge in [-0.1, -0.05) is 103 Å². The molecule has 1 aliphatic heterocycles. The van der Waals surface area contributed by atoms with Gasteiger partial charge in [0.25, 0.3) is 5.95 Å². The van der Waals surface area contributed by atoms with Crippen molar-refractivity contribution in [3.05, 3.63) is 46.9 Å². The smallest absolute Gasteiger partial charge is 0.255 e. The summed E-state index contributed by atoms with van der Waals surface area (Å²) in [4.78, 5) is 3.95. The predicted octanol–water partition coefficient (Wildman–Crippen LogP) is 10.3. The van der Waals surface area contributed by atoms with Gasteiger partial charge < -0.3 is 9.47 Å². The Hall–Kier alpha value is -2.08. The lowest BCUT2D eigenvalue weighted by Gasteiger charge is -2.26. The van der Waals surface area contributed by atoms with E-state index in [4.69, 9.17) is 9.47 Å².